The molecule has 2 saturated heterocycles. The molecule has 1 atom stereocenters. The summed E-state index contributed by atoms with van der Waals surface area (Å²) < 4.78 is 11.0. The first kappa shape index (κ1) is 23.9. The van der Waals surface area contributed by atoms with Crippen molar-refractivity contribution >= 4 is 17.4 Å². The van der Waals surface area contributed by atoms with Gasteiger partial charge in [-0.25, -0.2) is 0 Å². The maximum atomic E-state index is 13.5. The van der Waals surface area contributed by atoms with E-state index in [4.69, 9.17) is 9.47 Å². The first-order valence-corrected chi connectivity index (χ1v) is 11.9. The molecule has 180 valence electrons. The molecule has 1 aromatic heterocycles. The molecular weight excluding hydrogens is 434 g/mol. The lowest BCUT2D eigenvalue weighted by Gasteiger charge is -2.28. The normalized spacial score (nSPS) is 20.6. The van der Waals surface area contributed by atoms with Crippen molar-refractivity contribution in [2.75, 3.05) is 46.0 Å². The number of nitrogens with zero attached hydrogens (tertiary/aromatic N) is 2. The first-order valence-electron chi connectivity index (χ1n) is 11.9. The zero-order chi connectivity index (χ0) is 23.9. The van der Waals surface area contributed by atoms with E-state index >= 15 is 0 Å². The number of rotatable bonds is 9. The number of quaternary nitrogens is 1. The Morgan fingerprint density at radius 3 is 2.53 bits per heavy atom. The molecule has 0 saturated carbocycles. The third-order valence-electron chi connectivity index (χ3n) is 6.27. The largest absolute Gasteiger partial charge is 0.872 e. The van der Waals surface area contributed by atoms with Crippen LogP contribution in [0.2, 0.25) is 0 Å². The van der Waals surface area contributed by atoms with E-state index in [-0.39, 0.29) is 5.57 Å². The molecule has 2 aliphatic rings. The number of carbonyl (C=O) groups is 2. The molecule has 3 heterocycles. The molecular formula is C26H31N3O5. The fraction of sp³-hybridized carbons (Fsp3) is 0.423. The SMILES string of the molecule is CCCOc1ccc(C([O-])=C2C(=O)C(=O)N(CCC[NH+]3CCOCC3)C2c2ccncc2)cc1. The summed E-state index contributed by atoms with van der Waals surface area (Å²) in [6.07, 6.45) is 4.84. The van der Waals surface area contributed by atoms with Crippen LogP contribution in [0, 0.1) is 0 Å². The van der Waals surface area contributed by atoms with Gasteiger partial charge in [-0.3, -0.25) is 14.6 Å². The predicted molar refractivity (Wildman–Crippen MR) is 124 cm³/mol. The maximum Gasteiger partial charge on any atom is 0.295 e. The van der Waals surface area contributed by atoms with Crippen LogP contribution >= 0.6 is 0 Å². The molecule has 0 aliphatic carbocycles. The number of benzene rings is 1. The molecule has 8 heteroatoms. The van der Waals surface area contributed by atoms with Crippen LogP contribution in [0.3, 0.4) is 0 Å². The van der Waals surface area contributed by atoms with Gasteiger partial charge in [0.2, 0.25) is 5.78 Å². The van der Waals surface area contributed by atoms with Crippen LogP contribution in [0.25, 0.3) is 5.76 Å². The van der Waals surface area contributed by atoms with Gasteiger partial charge in [-0.05, 0) is 41.8 Å². The van der Waals surface area contributed by atoms with Crippen LogP contribution in [0.5, 0.6) is 5.75 Å². The number of aromatic nitrogens is 1. The third kappa shape index (κ3) is 5.29. The van der Waals surface area contributed by atoms with E-state index in [1.165, 1.54) is 4.90 Å². The molecule has 2 fully saturated rings. The van der Waals surface area contributed by atoms with Crippen LogP contribution in [-0.4, -0.2) is 67.6 Å². The summed E-state index contributed by atoms with van der Waals surface area (Å²) in [5, 5.41) is 13.5. The number of Topliss-reactive ketones (excluding diaryl/α,β-unsaturated/α-hetero) is 1. The fourth-order valence-electron chi connectivity index (χ4n) is 4.48. The van der Waals surface area contributed by atoms with Crippen molar-refractivity contribution in [2.45, 2.75) is 25.8 Å². The smallest absolute Gasteiger partial charge is 0.295 e. The quantitative estimate of drug-likeness (QED) is 0.327. The van der Waals surface area contributed by atoms with E-state index in [1.54, 1.807) is 53.7 Å². The second-order valence-electron chi connectivity index (χ2n) is 8.59. The number of hydrogen-bond acceptors (Lipinski definition) is 6. The molecule has 1 unspecified atom stereocenters. The summed E-state index contributed by atoms with van der Waals surface area (Å²) in [6.45, 7) is 7.25. The molecule has 4 rings (SSSR count). The van der Waals surface area contributed by atoms with Crippen LogP contribution in [0.15, 0.2) is 54.4 Å². The number of likely N-dealkylation sites (tertiary alicyclic amines) is 1. The highest BCUT2D eigenvalue weighted by atomic mass is 16.5. The highest BCUT2D eigenvalue weighted by molar-refractivity contribution is 6.46. The van der Waals surface area contributed by atoms with Gasteiger partial charge in [0.25, 0.3) is 5.91 Å². The number of morpholine rings is 1. The maximum absolute atomic E-state index is 13.5. The zero-order valence-corrected chi connectivity index (χ0v) is 19.5. The van der Waals surface area contributed by atoms with Crippen LogP contribution < -0.4 is 14.7 Å². The van der Waals surface area contributed by atoms with Gasteiger partial charge in [-0.15, -0.1) is 0 Å². The second-order valence-corrected chi connectivity index (χ2v) is 8.59. The summed E-state index contributed by atoms with van der Waals surface area (Å²) >= 11 is 0. The molecule has 0 bridgehead atoms. The van der Waals surface area contributed by atoms with Gasteiger partial charge in [-0.1, -0.05) is 24.8 Å². The third-order valence-corrected chi connectivity index (χ3v) is 6.27. The lowest BCUT2D eigenvalue weighted by atomic mass is 9.96. The molecule has 0 spiro atoms. The van der Waals surface area contributed by atoms with E-state index in [0.29, 0.717) is 30.0 Å². The van der Waals surface area contributed by atoms with E-state index in [2.05, 4.69) is 4.98 Å². The Morgan fingerprint density at radius 2 is 1.85 bits per heavy atom. The van der Waals surface area contributed by atoms with E-state index in [0.717, 1.165) is 45.7 Å². The summed E-state index contributed by atoms with van der Waals surface area (Å²) in [6, 6.07) is 9.52. The Balaban J connectivity index is 1.61. The Morgan fingerprint density at radius 1 is 1.15 bits per heavy atom. The van der Waals surface area contributed by atoms with Crippen molar-refractivity contribution in [3.63, 3.8) is 0 Å². The molecule has 1 aromatic carbocycles. The van der Waals surface area contributed by atoms with Gasteiger partial charge < -0.3 is 24.4 Å². The molecule has 1 N–H and O–H groups in total. The average Bonchev–Trinajstić information content (AvgIpc) is 3.13. The fourth-order valence-corrected chi connectivity index (χ4v) is 4.48. The minimum atomic E-state index is -0.725. The zero-order valence-electron chi connectivity index (χ0n) is 19.5. The summed E-state index contributed by atoms with van der Waals surface area (Å²) in [4.78, 5) is 33.1. The molecule has 2 aliphatic heterocycles. The Kier molecular flexibility index (Phi) is 7.92. The Labute approximate surface area is 199 Å². The van der Waals surface area contributed by atoms with Gasteiger partial charge in [0.15, 0.2) is 0 Å². The minimum absolute atomic E-state index is 0.00264. The molecule has 2 aromatic rings. The van der Waals surface area contributed by atoms with Crippen molar-refractivity contribution < 1.29 is 29.1 Å². The molecule has 0 radical (unpaired) electrons. The Bertz CT molecular complexity index is 1020. The molecule has 8 nitrogen and oxygen atoms in total. The van der Waals surface area contributed by atoms with Crippen molar-refractivity contribution in [3.05, 3.63) is 65.5 Å². The van der Waals surface area contributed by atoms with Gasteiger partial charge >= 0.3 is 0 Å². The number of hydrogen-bond donors (Lipinski definition) is 1. The second kappa shape index (κ2) is 11.3. The summed E-state index contributed by atoms with van der Waals surface area (Å²) in [7, 11) is 0. The Hall–Kier alpha value is -3.23. The molecule has 1 amide bonds. The van der Waals surface area contributed by atoms with E-state index < -0.39 is 23.5 Å². The topological polar surface area (TPSA) is 96.2 Å². The highest BCUT2D eigenvalue weighted by Gasteiger charge is 2.44. The first-order chi connectivity index (χ1) is 16.6. The number of carbonyl (C=O) groups excluding carboxylic acids is 2. The predicted octanol–water partition coefficient (Wildman–Crippen LogP) is 0.400. The van der Waals surface area contributed by atoms with Gasteiger partial charge in [0.05, 0.1) is 32.4 Å². The summed E-state index contributed by atoms with van der Waals surface area (Å²) in [5.74, 6) is -1.11. The summed E-state index contributed by atoms with van der Waals surface area (Å²) in [5.41, 5.74) is 1.06. The highest BCUT2D eigenvalue weighted by Crippen LogP contribution is 2.38. The van der Waals surface area contributed by atoms with Crippen LogP contribution in [0.4, 0.5) is 0 Å². The lowest BCUT2D eigenvalue weighted by molar-refractivity contribution is -0.908. The van der Waals surface area contributed by atoms with Crippen LogP contribution in [0.1, 0.15) is 36.9 Å². The van der Waals surface area contributed by atoms with E-state index in [9.17, 15) is 14.7 Å². The van der Waals surface area contributed by atoms with Gasteiger partial charge in [0, 0.05) is 30.9 Å². The number of amides is 1. The minimum Gasteiger partial charge on any atom is -0.872 e. The molecule has 34 heavy (non-hydrogen) atoms. The number of ketones is 1. The number of pyridine rings is 1. The van der Waals surface area contributed by atoms with Crippen molar-refractivity contribution in [1.29, 1.82) is 0 Å². The van der Waals surface area contributed by atoms with Gasteiger partial charge in [0.1, 0.15) is 18.8 Å². The van der Waals surface area contributed by atoms with Crippen LogP contribution in [-0.2, 0) is 14.3 Å². The van der Waals surface area contributed by atoms with Crippen molar-refractivity contribution in [1.82, 2.24) is 9.88 Å². The lowest BCUT2D eigenvalue weighted by Crippen LogP contribution is -3.14. The standard InChI is InChI=1S/C26H31N3O5/c1-2-16-34-21-6-4-20(5-7-21)24(30)22-23(19-8-10-27-11-9-19)29(26(32)25(22)31)13-3-12-28-14-17-33-18-15-28/h4-11,23,30H,2-3,12-18H2,1H3. The number of nitrogens with one attached hydrogen (secondary N) is 1. The van der Waals surface area contributed by atoms with Crippen molar-refractivity contribution in [3.8, 4) is 5.75 Å². The monoisotopic (exact) mass is 465 g/mol. The number of ether oxygens (including phenoxy) is 2. The van der Waals surface area contributed by atoms with Gasteiger partial charge in [-0.2, -0.15) is 0 Å². The average molecular weight is 466 g/mol. The van der Waals surface area contributed by atoms with Crippen molar-refractivity contribution in [2.24, 2.45) is 0 Å². The van der Waals surface area contributed by atoms with E-state index in [1.807, 2.05) is 6.92 Å².